The van der Waals surface area contributed by atoms with Crippen LogP contribution in [0.1, 0.15) is 5.56 Å². The number of nitrogens with one attached hydrogen (secondary N) is 1. The first-order chi connectivity index (χ1) is 5.40. The third-order valence-corrected chi connectivity index (χ3v) is 1.74. The Kier molecular flexibility index (Phi) is 1.40. The van der Waals surface area contributed by atoms with E-state index in [9.17, 15) is 0 Å². The molecule has 2 rings (SSSR count). The van der Waals surface area contributed by atoms with E-state index in [4.69, 9.17) is 5.11 Å². The van der Waals surface area contributed by atoms with Crippen LogP contribution in [0.15, 0.2) is 30.6 Å². The highest BCUT2D eigenvalue weighted by Gasteiger charge is 1.94. The third-order valence-electron chi connectivity index (χ3n) is 1.74. The maximum atomic E-state index is 8.70. The van der Waals surface area contributed by atoms with Crippen molar-refractivity contribution in [2.75, 3.05) is 0 Å². The van der Waals surface area contributed by atoms with Gasteiger partial charge in [-0.15, -0.1) is 0 Å². The van der Waals surface area contributed by atoms with Crippen LogP contribution >= 0.6 is 0 Å². The van der Waals surface area contributed by atoms with E-state index >= 15 is 0 Å². The first-order valence-corrected chi connectivity index (χ1v) is 3.44. The minimum Gasteiger partial charge on any atom is -0.385 e. The number of aliphatic hydroxyl groups excluding tert-OH is 1. The molecule has 0 amide bonds. The van der Waals surface area contributed by atoms with Crippen LogP contribution in [0.2, 0.25) is 0 Å². The molecule has 0 saturated heterocycles. The number of aromatic amines is 1. The Morgan fingerprint density at radius 1 is 1.18 bits per heavy atom. The van der Waals surface area contributed by atoms with E-state index in [-0.39, 0.29) is 0 Å². The van der Waals surface area contributed by atoms with Gasteiger partial charge in [0.2, 0.25) is 0 Å². The maximum absolute atomic E-state index is 8.70. The number of hydrogen-bond acceptors (Lipinski definition) is 1. The van der Waals surface area contributed by atoms with E-state index in [0.717, 1.165) is 22.9 Å². The molecule has 0 atom stereocenters. The predicted octanol–water partition coefficient (Wildman–Crippen LogP) is 2.05. The molecule has 11 heavy (non-hydrogen) atoms. The second-order valence-corrected chi connectivity index (χ2v) is 2.47. The van der Waals surface area contributed by atoms with Crippen LogP contribution < -0.4 is 0 Å². The van der Waals surface area contributed by atoms with Gasteiger partial charge in [0.1, 0.15) is 6.61 Å². The minimum absolute atomic E-state index is 0.831. The highest BCUT2D eigenvalue weighted by molar-refractivity contribution is 5.82. The molecular formula is C9H8NO. The van der Waals surface area contributed by atoms with Crippen LogP contribution in [0, 0.1) is 6.61 Å². The van der Waals surface area contributed by atoms with Crippen molar-refractivity contribution >= 4 is 10.8 Å². The lowest BCUT2D eigenvalue weighted by Gasteiger charge is -1.93. The van der Waals surface area contributed by atoms with Crippen molar-refractivity contribution in [1.82, 2.24) is 4.98 Å². The highest BCUT2D eigenvalue weighted by atomic mass is 16.3. The molecule has 1 radical (unpaired) electrons. The van der Waals surface area contributed by atoms with E-state index in [1.165, 1.54) is 0 Å². The lowest BCUT2D eigenvalue weighted by Crippen LogP contribution is -1.76. The largest absolute Gasteiger partial charge is 0.385 e. The molecule has 55 valence electrons. The van der Waals surface area contributed by atoms with Gasteiger partial charge in [-0.2, -0.15) is 0 Å². The van der Waals surface area contributed by atoms with Crippen molar-refractivity contribution in [3.63, 3.8) is 0 Å². The predicted molar refractivity (Wildman–Crippen MR) is 43.6 cm³/mol. The van der Waals surface area contributed by atoms with Gasteiger partial charge < -0.3 is 10.1 Å². The Labute approximate surface area is 64.5 Å². The fourth-order valence-corrected chi connectivity index (χ4v) is 1.15. The number of fused-ring (bicyclic) bond motifs is 1. The Morgan fingerprint density at radius 3 is 2.82 bits per heavy atom. The molecule has 0 aliphatic heterocycles. The summed E-state index contributed by atoms with van der Waals surface area (Å²) in [4.78, 5) is 2.99. The van der Waals surface area contributed by atoms with Crippen LogP contribution in [0.4, 0.5) is 0 Å². The molecule has 1 aromatic carbocycles. The van der Waals surface area contributed by atoms with Crippen molar-refractivity contribution in [3.8, 4) is 0 Å². The Bertz CT molecular complexity index is 364. The summed E-state index contributed by atoms with van der Waals surface area (Å²) in [5.74, 6) is 0. The fraction of sp³-hybridized carbons (Fsp3) is 0. The van der Waals surface area contributed by atoms with Gasteiger partial charge in [-0.05, 0) is 22.4 Å². The van der Waals surface area contributed by atoms with Crippen molar-refractivity contribution in [1.29, 1.82) is 0 Å². The van der Waals surface area contributed by atoms with Crippen LogP contribution in [0.25, 0.3) is 10.8 Å². The second-order valence-electron chi connectivity index (χ2n) is 2.47. The summed E-state index contributed by atoms with van der Waals surface area (Å²) in [6.45, 7) is 1.10. The van der Waals surface area contributed by atoms with Crippen molar-refractivity contribution < 1.29 is 5.11 Å². The van der Waals surface area contributed by atoms with Gasteiger partial charge in [-0.25, -0.2) is 0 Å². The van der Waals surface area contributed by atoms with E-state index in [1.807, 2.05) is 30.6 Å². The van der Waals surface area contributed by atoms with Crippen molar-refractivity contribution in [2.24, 2.45) is 0 Å². The van der Waals surface area contributed by atoms with Gasteiger partial charge in [-0.1, -0.05) is 12.1 Å². The van der Waals surface area contributed by atoms with E-state index < -0.39 is 0 Å². The minimum atomic E-state index is 0.831. The van der Waals surface area contributed by atoms with E-state index in [2.05, 4.69) is 4.98 Å². The molecule has 0 aliphatic rings. The second kappa shape index (κ2) is 2.40. The van der Waals surface area contributed by atoms with Crippen LogP contribution in [-0.4, -0.2) is 10.1 Å². The molecule has 2 aromatic rings. The molecular weight excluding hydrogens is 138 g/mol. The maximum Gasteiger partial charge on any atom is 0.109 e. The summed E-state index contributed by atoms with van der Waals surface area (Å²) in [6, 6.07) is 5.76. The normalized spacial score (nSPS) is 10.6. The Balaban J connectivity index is 2.67. The molecule has 2 N–H and O–H groups in total. The van der Waals surface area contributed by atoms with Gasteiger partial charge in [0.25, 0.3) is 0 Å². The molecule has 0 unspecified atom stereocenters. The molecule has 0 saturated carbocycles. The molecule has 2 heteroatoms. The SMILES string of the molecule is O[CH]c1ccc2c[nH]cc2c1. The van der Waals surface area contributed by atoms with Gasteiger partial charge >= 0.3 is 0 Å². The number of H-pyrrole nitrogens is 1. The molecule has 1 aromatic heterocycles. The average molecular weight is 146 g/mol. The third kappa shape index (κ3) is 1.01. The van der Waals surface area contributed by atoms with Crippen molar-refractivity contribution in [2.45, 2.75) is 0 Å². The molecule has 1 heterocycles. The summed E-state index contributed by atoms with van der Waals surface area (Å²) >= 11 is 0. The molecule has 0 spiro atoms. The lowest BCUT2D eigenvalue weighted by molar-refractivity contribution is 0.415. The van der Waals surface area contributed by atoms with Gasteiger partial charge in [-0.3, -0.25) is 0 Å². The summed E-state index contributed by atoms with van der Waals surface area (Å²) < 4.78 is 0. The smallest absolute Gasteiger partial charge is 0.109 e. The molecule has 0 aliphatic carbocycles. The quantitative estimate of drug-likeness (QED) is 0.634. The average Bonchev–Trinajstić information content (AvgIpc) is 2.50. The molecule has 0 fully saturated rings. The molecule has 2 nitrogen and oxygen atoms in total. The summed E-state index contributed by atoms with van der Waals surface area (Å²) in [6.07, 6.45) is 3.83. The number of rotatable bonds is 1. The van der Waals surface area contributed by atoms with Gasteiger partial charge in [0.05, 0.1) is 0 Å². The number of aromatic nitrogens is 1. The van der Waals surface area contributed by atoms with Crippen LogP contribution in [0.5, 0.6) is 0 Å². The Hall–Kier alpha value is -1.28. The topological polar surface area (TPSA) is 36.0 Å². The first-order valence-electron chi connectivity index (χ1n) is 3.44. The van der Waals surface area contributed by atoms with Crippen LogP contribution in [-0.2, 0) is 0 Å². The zero-order valence-electron chi connectivity index (χ0n) is 5.91. The van der Waals surface area contributed by atoms with Crippen molar-refractivity contribution in [3.05, 3.63) is 42.8 Å². The number of aliphatic hydroxyl groups is 1. The summed E-state index contributed by atoms with van der Waals surface area (Å²) in [5.41, 5.74) is 0.831. The number of benzene rings is 1. The summed E-state index contributed by atoms with van der Waals surface area (Å²) in [5, 5.41) is 11.0. The lowest BCUT2D eigenvalue weighted by atomic mass is 10.1. The standard InChI is InChI=1S/C9H8NO/c11-6-7-1-2-8-4-10-5-9(8)3-7/h1-6,10-11H. The molecule has 0 bridgehead atoms. The zero-order valence-corrected chi connectivity index (χ0v) is 5.91. The van der Waals surface area contributed by atoms with E-state index in [1.54, 1.807) is 0 Å². The Morgan fingerprint density at radius 2 is 2.00 bits per heavy atom. The fourth-order valence-electron chi connectivity index (χ4n) is 1.15. The van der Waals surface area contributed by atoms with E-state index in [0.29, 0.717) is 0 Å². The zero-order chi connectivity index (χ0) is 7.68. The monoisotopic (exact) mass is 146 g/mol. The first kappa shape index (κ1) is 6.43. The van der Waals surface area contributed by atoms with Crippen LogP contribution in [0.3, 0.4) is 0 Å². The highest BCUT2D eigenvalue weighted by Crippen LogP contribution is 2.15. The number of hydrogen-bond donors (Lipinski definition) is 2. The summed E-state index contributed by atoms with van der Waals surface area (Å²) in [7, 11) is 0. The van der Waals surface area contributed by atoms with Gasteiger partial charge in [0, 0.05) is 12.4 Å². The van der Waals surface area contributed by atoms with Gasteiger partial charge in [0.15, 0.2) is 0 Å².